The molecule has 12 nitrogen and oxygen atoms in total. The normalized spacial score (nSPS) is 6.00. The number of nitrogens with two attached hydrogens (primary N) is 8. The minimum Gasteiger partial charge on any atom is -0.370 e. The average Bonchev–Trinajstić information content (AvgIpc) is 1.76. The average molecular weight is 239 g/mol. The molecule has 0 saturated heterocycles. The van der Waals surface area contributed by atoms with E-state index < -0.39 is 18.1 Å². The van der Waals surface area contributed by atoms with E-state index in [-0.39, 0.29) is 5.96 Å². The Morgan fingerprint density at radius 2 is 0.562 bits per heavy atom. The summed E-state index contributed by atoms with van der Waals surface area (Å²) in [6.07, 6.45) is 0. The second-order valence-corrected chi connectivity index (χ2v) is 1.66. The van der Waals surface area contributed by atoms with Gasteiger partial charge in [0, 0.05) is 0 Å². The van der Waals surface area contributed by atoms with Gasteiger partial charge in [0.25, 0.3) is 0 Å². The molecule has 0 spiro atoms. The largest absolute Gasteiger partial charge is 0.370 e. The molecule has 0 saturated carbocycles. The molecule has 0 aliphatic carbocycles. The van der Waals surface area contributed by atoms with E-state index in [2.05, 4.69) is 45.9 Å². The maximum absolute atomic E-state index is 9.00. The number of hydrogen-bond donors (Lipinski definition) is 9. The van der Waals surface area contributed by atoms with E-state index in [9.17, 15) is 0 Å². The molecule has 6 amide bonds. The van der Waals surface area contributed by atoms with Gasteiger partial charge in [-0.05, 0) is 0 Å². The molecule has 0 aliphatic heterocycles. The predicted octanol–water partition coefficient (Wildman–Crippen LogP) is -4.09. The molecular weight excluding hydrogens is 222 g/mol. The molecule has 0 aromatic carbocycles. The molecule has 0 radical (unpaired) electrons. The number of carbonyl (C=O) groups is 3. The Labute approximate surface area is 90.7 Å². The summed E-state index contributed by atoms with van der Waals surface area (Å²) >= 11 is 0. The number of primary amides is 6. The first-order chi connectivity index (χ1) is 6.93. The van der Waals surface area contributed by atoms with E-state index in [0.29, 0.717) is 0 Å². The van der Waals surface area contributed by atoms with Gasteiger partial charge in [0.05, 0.1) is 0 Å². The third-order valence-corrected chi connectivity index (χ3v) is 0. The summed E-state index contributed by atoms with van der Waals surface area (Å²) in [6, 6.07) is -2.50. The van der Waals surface area contributed by atoms with Crippen molar-refractivity contribution in [3.8, 4) is 0 Å². The first kappa shape index (κ1) is 23.2. The fourth-order valence-corrected chi connectivity index (χ4v) is 0. The minimum absolute atomic E-state index is 0.333. The highest BCUT2D eigenvalue weighted by Gasteiger charge is 1.61. The third-order valence-electron chi connectivity index (χ3n) is 0. The zero-order valence-corrected chi connectivity index (χ0v) is 8.34. The van der Waals surface area contributed by atoms with Gasteiger partial charge in [0.1, 0.15) is 0 Å². The van der Waals surface area contributed by atoms with Crippen LogP contribution in [0.1, 0.15) is 0 Å². The smallest absolute Gasteiger partial charge is 0.309 e. The van der Waals surface area contributed by atoms with E-state index in [4.69, 9.17) is 19.8 Å². The topological polar surface area (TPSA) is 283 Å². The Hall–Kier alpha value is -2.92. The van der Waals surface area contributed by atoms with E-state index in [0.717, 1.165) is 0 Å². The first-order valence-electron chi connectivity index (χ1n) is 3.17. The van der Waals surface area contributed by atoms with E-state index in [1.165, 1.54) is 0 Å². The van der Waals surface area contributed by atoms with Crippen LogP contribution in [0.25, 0.3) is 0 Å². The molecule has 0 aliphatic rings. The number of carbonyl (C=O) groups excluding carboxylic acids is 3. The molecule has 0 fully saturated rings. The summed E-state index contributed by atoms with van der Waals surface area (Å²) in [5.74, 6) is -0.333. The summed E-state index contributed by atoms with van der Waals surface area (Å²) in [5, 5.41) is 6.06. The van der Waals surface area contributed by atoms with Crippen molar-refractivity contribution in [2.45, 2.75) is 0 Å². The van der Waals surface area contributed by atoms with Gasteiger partial charge in [-0.1, -0.05) is 0 Å². The van der Waals surface area contributed by atoms with Crippen LogP contribution in [0, 0.1) is 5.41 Å². The van der Waals surface area contributed by atoms with Crippen LogP contribution in [-0.4, -0.2) is 24.1 Å². The zero-order chi connectivity index (χ0) is 14.3. The van der Waals surface area contributed by atoms with E-state index in [1.54, 1.807) is 0 Å². The summed E-state index contributed by atoms with van der Waals surface area (Å²) in [4.78, 5) is 27.0. The molecule has 17 N–H and O–H groups in total. The second kappa shape index (κ2) is 18.0. The molecule has 0 bridgehead atoms. The van der Waals surface area contributed by atoms with Crippen molar-refractivity contribution >= 4 is 24.1 Å². The van der Waals surface area contributed by atoms with Crippen molar-refractivity contribution in [3.05, 3.63) is 0 Å². The lowest BCUT2D eigenvalue weighted by molar-refractivity contribution is 0.255. The monoisotopic (exact) mass is 239 g/mol. The van der Waals surface area contributed by atoms with Crippen molar-refractivity contribution in [1.29, 1.82) is 5.41 Å². The molecular formula is C4H17N9O3. The number of hydrogen-bond acceptors (Lipinski definition) is 4. The first-order valence-corrected chi connectivity index (χ1v) is 3.17. The minimum atomic E-state index is -0.833. The summed E-state index contributed by atoms with van der Waals surface area (Å²) in [6.45, 7) is 0. The number of nitrogens with one attached hydrogen (secondary N) is 1. The van der Waals surface area contributed by atoms with E-state index in [1.807, 2.05) is 0 Å². The lowest BCUT2D eigenvalue weighted by Gasteiger charge is -1.69. The Kier molecular flexibility index (Phi) is 26.0. The number of rotatable bonds is 0. The van der Waals surface area contributed by atoms with Crippen LogP contribution in [0.5, 0.6) is 0 Å². The standard InChI is InChI=1S/CH5N3.3CH4N2O/c4*2-1(3)4/h(H5,2,3,4);3*(H4,2,3,4). The van der Waals surface area contributed by atoms with E-state index >= 15 is 0 Å². The Balaban J connectivity index is -0.0000000600. The quantitative estimate of drug-likeness (QED) is 0.150. The van der Waals surface area contributed by atoms with Crippen molar-refractivity contribution in [3.63, 3.8) is 0 Å². The molecule has 96 valence electrons. The summed E-state index contributed by atoms with van der Waals surface area (Å²) in [5.41, 5.74) is 34.4. The van der Waals surface area contributed by atoms with Crippen molar-refractivity contribution in [1.82, 2.24) is 0 Å². The molecule has 0 atom stereocenters. The van der Waals surface area contributed by atoms with Crippen LogP contribution in [-0.2, 0) is 0 Å². The van der Waals surface area contributed by atoms with Gasteiger partial charge < -0.3 is 45.9 Å². The van der Waals surface area contributed by atoms with Crippen molar-refractivity contribution in [2.75, 3.05) is 0 Å². The van der Waals surface area contributed by atoms with Crippen LogP contribution < -0.4 is 45.9 Å². The summed E-state index contributed by atoms with van der Waals surface area (Å²) in [7, 11) is 0. The maximum Gasteiger partial charge on any atom is 0.309 e. The Morgan fingerprint density at radius 1 is 0.562 bits per heavy atom. The fraction of sp³-hybridized carbons (Fsp3) is 0. The van der Waals surface area contributed by atoms with Gasteiger partial charge >= 0.3 is 18.1 Å². The Morgan fingerprint density at radius 3 is 0.562 bits per heavy atom. The molecule has 12 heteroatoms. The highest BCUT2D eigenvalue weighted by Crippen LogP contribution is 1.26. The fourth-order valence-electron chi connectivity index (χ4n) is 0. The van der Waals surface area contributed by atoms with Crippen LogP contribution >= 0.6 is 0 Å². The zero-order valence-electron chi connectivity index (χ0n) is 8.34. The van der Waals surface area contributed by atoms with Crippen LogP contribution in [0.4, 0.5) is 14.4 Å². The third kappa shape index (κ3) is 132. The number of guanidine groups is 1. The molecule has 0 aromatic rings. The van der Waals surface area contributed by atoms with Gasteiger partial charge in [-0.15, -0.1) is 0 Å². The highest BCUT2D eigenvalue weighted by atomic mass is 16.2. The van der Waals surface area contributed by atoms with Gasteiger partial charge in [-0.2, -0.15) is 0 Å². The number of urea groups is 3. The summed E-state index contributed by atoms with van der Waals surface area (Å²) < 4.78 is 0. The molecule has 0 rings (SSSR count). The van der Waals surface area contributed by atoms with Crippen LogP contribution in [0.2, 0.25) is 0 Å². The molecule has 0 aromatic heterocycles. The van der Waals surface area contributed by atoms with Crippen LogP contribution in [0.15, 0.2) is 0 Å². The molecule has 16 heavy (non-hydrogen) atoms. The predicted molar refractivity (Wildman–Crippen MR) is 57.4 cm³/mol. The lowest BCUT2D eigenvalue weighted by atomic mass is 11.1. The lowest BCUT2D eigenvalue weighted by Crippen LogP contribution is -2.20. The van der Waals surface area contributed by atoms with Gasteiger partial charge in [-0.25, -0.2) is 14.4 Å². The van der Waals surface area contributed by atoms with Crippen molar-refractivity contribution in [2.24, 2.45) is 45.9 Å². The van der Waals surface area contributed by atoms with Crippen molar-refractivity contribution < 1.29 is 14.4 Å². The van der Waals surface area contributed by atoms with Gasteiger partial charge in [0.15, 0.2) is 5.96 Å². The second-order valence-electron chi connectivity index (χ2n) is 1.66. The van der Waals surface area contributed by atoms with Gasteiger partial charge in [0.2, 0.25) is 0 Å². The SMILES string of the molecule is N=C(N)N.NC(N)=O.NC(N)=O.NC(N)=O. The molecule has 0 heterocycles. The van der Waals surface area contributed by atoms with Crippen LogP contribution in [0.3, 0.4) is 0 Å². The maximum atomic E-state index is 9.00. The Bertz CT molecular complexity index is 163. The van der Waals surface area contributed by atoms with Gasteiger partial charge in [-0.3, -0.25) is 5.41 Å². The molecule has 0 unspecified atom stereocenters. The number of amides is 6. The highest BCUT2D eigenvalue weighted by molar-refractivity contribution is 5.71.